The van der Waals surface area contributed by atoms with Crippen LogP contribution in [0, 0.1) is 13.8 Å². The number of para-hydroxylation sites is 1. The highest BCUT2D eigenvalue weighted by molar-refractivity contribution is 7.92. The van der Waals surface area contributed by atoms with E-state index in [1.165, 1.54) is 0 Å². The van der Waals surface area contributed by atoms with Gasteiger partial charge in [0.25, 0.3) is 0 Å². The molecule has 7 nitrogen and oxygen atoms in total. The topological polar surface area (TPSA) is 84.9 Å². The summed E-state index contributed by atoms with van der Waals surface area (Å²) in [7, 11) is -3.67. The summed E-state index contributed by atoms with van der Waals surface area (Å²) in [6.45, 7) is 4.18. The molecule has 1 N–H and O–H groups in total. The normalized spacial score (nSPS) is 11.0. The van der Waals surface area contributed by atoms with E-state index in [4.69, 9.17) is 9.47 Å². The standard InChI is InChI=1S/C25H28N2O5S/c1-19-15-20(2)17-24(16-19)31-14-13-26-25(28)18-27(33(3,29)30)21-9-11-23(12-10-21)32-22-7-5-4-6-8-22/h4-12,15-17H,13-14,18H2,1-3H3,(H,26,28). The van der Waals surface area contributed by atoms with Gasteiger partial charge in [0.2, 0.25) is 15.9 Å². The van der Waals surface area contributed by atoms with Gasteiger partial charge in [-0.1, -0.05) is 24.3 Å². The van der Waals surface area contributed by atoms with Gasteiger partial charge in [0.05, 0.1) is 18.5 Å². The van der Waals surface area contributed by atoms with Gasteiger partial charge in [0.1, 0.15) is 30.4 Å². The molecule has 33 heavy (non-hydrogen) atoms. The fourth-order valence-electron chi connectivity index (χ4n) is 3.27. The highest BCUT2D eigenvalue weighted by atomic mass is 32.2. The van der Waals surface area contributed by atoms with Crippen LogP contribution in [0.25, 0.3) is 0 Å². The lowest BCUT2D eigenvalue weighted by Crippen LogP contribution is -2.41. The van der Waals surface area contributed by atoms with Gasteiger partial charge in [-0.25, -0.2) is 8.42 Å². The molecule has 1 amide bonds. The summed E-state index contributed by atoms with van der Waals surface area (Å²) in [6, 6.07) is 21.7. The Morgan fingerprint density at radius 2 is 1.48 bits per heavy atom. The predicted molar refractivity (Wildman–Crippen MR) is 130 cm³/mol. The summed E-state index contributed by atoms with van der Waals surface area (Å²) in [5.74, 6) is 1.55. The maximum absolute atomic E-state index is 12.4. The van der Waals surface area contributed by atoms with E-state index < -0.39 is 15.9 Å². The number of aryl methyl sites for hydroxylation is 2. The second-order valence-electron chi connectivity index (χ2n) is 7.70. The minimum Gasteiger partial charge on any atom is -0.492 e. The maximum Gasteiger partial charge on any atom is 0.240 e. The lowest BCUT2D eigenvalue weighted by atomic mass is 10.1. The van der Waals surface area contributed by atoms with E-state index >= 15 is 0 Å². The van der Waals surface area contributed by atoms with Crippen molar-refractivity contribution < 1.29 is 22.7 Å². The van der Waals surface area contributed by atoms with Crippen molar-refractivity contribution in [1.82, 2.24) is 5.32 Å². The van der Waals surface area contributed by atoms with E-state index in [1.807, 2.05) is 56.3 Å². The highest BCUT2D eigenvalue weighted by Crippen LogP contribution is 2.25. The van der Waals surface area contributed by atoms with Crippen molar-refractivity contribution in [1.29, 1.82) is 0 Å². The minimum absolute atomic E-state index is 0.257. The number of benzene rings is 3. The van der Waals surface area contributed by atoms with Crippen molar-refractivity contribution in [2.24, 2.45) is 0 Å². The second-order valence-corrected chi connectivity index (χ2v) is 9.61. The Balaban J connectivity index is 1.56. The number of hydrogen-bond acceptors (Lipinski definition) is 5. The van der Waals surface area contributed by atoms with Gasteiger partial charge in [-0.2, -0.15) is 0 Å². The molecule has 0 unspecified atom stereocenters. The zero-order valence-electron chi connectivity index (χ0n) is 18.9. The van der Waals surface area contributed by atoms with Crippen LogP contribution in [-0.4, -0.2) is 40.3 Å². The first-order chi connectivity index (χ1) is 15.7. The zero-order valence-corrected chi connectivity index (χ0v) is 19.8. The van der Waals surface area contributed by atoms with Crippen LogP contribution >= 0.6 is 0 Å². The van der Waals surface area contributed by atoms with Crippen LogP contribution in [0.15, 0.2) is 72.8 Å². The number of nitrogens with one attached hydrogen (secondary N) is 1. The van der Waals surface area contributed by atoms with Gasteiger partial charge in [0, 0.05) is 0 Å². The third kappa shape index (κ3) is 7.54. The van der Waals surface area contributed by atoms with Gasteiger partial charge in [-0.3, -0.25) is 9.10 Å². The molecule has 0 aliphatic heterocycles. The smallest absolute Gasteiger partial charge is 0.240 e. The molecule has 0 radical (unpaired) electrons. The Hall–Kier alpha value is -3.52. The summed E-state index contributed by atoms with van der Waals surface area (Å²) in [5, 5.41) is 2.70. The SMILES string of the molecule is Cc1cc(C)cc(OCCNC(=O)CN(c2ccc(Oc3ccccc3)cc2)S(C)(=O)=O)c1. The Morgan fingerprint density at radius 1 is 0.879 bits per heavy atom. The van der Waals surface area contributed by atoms with Crippen LogP contribution in [0.2, 0.25) is 0 Å². The van der Waals surface area contributed by atoms with Gasteiger partial charge in [-0.05, 0) is 73.5 Å². The average molecular weight is 469 g/mol. The lowest BCUT2D eigenvalue weighted by molar-refractivity contribution is -0.119. The van der Waals surface area contributed by atoms with Crippen LogP contribution in [-0.2, 0) is 14.8 Å². The number of anilines is 1. The van der Waals surface area contributed by atoms with Gasteiger partial charge in [0.15, 0.2) is 0 Å². The summed E-state index contributed by atoms with van der Waals surface area (Å²) in [4.78, 5) is 12.4. The number of sulfonamides is 1. The molecule has 0 saturated carbocycles. The molecular weight excluding hydrogens is 440 g/mol. The van der Waals surface area contributed by atoms with Crippen molar-refractivity contribution >= 4 is 21.6 Å². The number of rotatable bonds is 10. The molecule has 174 valence electrons. The highest BCUT2D eigenvalue weighted by Gasteiger charge is 2.20. The quantitative estimate of drug-likeness (QED) is 0.454. The van der Waals surface area contributed by atoms with E-state index in [-0.39, 0.29) is 19.7 Å². The average Bonchev–Trinajstić information content (AvgIpc) is 2.75. The second kappa shape index (κ2) is 10.9. The minimum atomic E-state index is -3.67. The van der Waals surface area contributed by atoms with Crippen molar-refractivity contribution in [3.05, 3.63) is 83.9 Å². The first-order valence-corrected chi connectivity index (χ1v) is 12.3. The Kier molecular flexibility index (Phi) is 7.95. The Bertz CT molecular complexity index is 1160. The Morgan fingerprint density at radius 3 is 2.09 bits per heavy atom. The molecule has 8 heteroatoms. The fourth-order valence-corrected chi connectivity index (χ4v) is 4.12. The monoisotopic (exact) mass is 468 g/mol. The molecule has 3 aromatic rings. The molecule has 0 fully saturated rings. The van der Waals surface area contributed by atoms with E-state index in [1.54, 1.807) is 24.3 Å². The third-order valence-electron chi connectivity index (χ3n) is 4.68. The molecule has 3 aromatic carbocycles. The van der Waals surface area contributed by atoms with Gasteiger partial charge >= 0.3 is 0 Å². The number of nitrogens with zero attached hydrogens (tertiary/aromatic N) is 1. The molecule has 0 aliphatic rings. The lowest BCUT2D eigenvalue weighted by Gasteiger charge is -2.22. The van der Waals surface area contributed by atoms with Crippen molar-refractivity contribution in [2.75, 3.05) is 30.3 Å². The van der Waals surface area contributed by atoms with Crippen LogP contribution in [0.5, 0.6) is 17.2 Å². The molecular formula is C25H28N2O5S. The summed E-state index contributed by atoms with van der Waals surface area (Å²) in [6.07, 6.45) is 1.07. The zero-order chi connectivity index (χ0) is 23.8. The number of amides is 1. The van der Waals surface area contributed by atoms with Crippen LogP contribution in [0.1, 0.15) is 11.1 Å². The molecule has 0 bridgehead atoms. The van der Waals surface area contributed by atoms with Crippen LogP contribution in [0.4, 0.5) is 5.69 Å². The molecule has 0 spiro atoms. The van der Waals surface area contributed by atoms with E-state index in [9.17, 15) is 13.2 Å². The van der Waals surface area contributed by atoms with Crippen molar-refractivity contribution in [3.63, 3.8) is 0 Å². The van der Waals surface area contributed by atoms with Crippen molar-refractivity contribution in [3.8, 4) is 17.2 Å². The molecule has 0 saturated heterocycles. The predicted octanol–water partition coefficient (Wildman–Crippen LogP) is 4.06. The fraction of sp³-hybridized carbons (Fsp3) is 0.240. The van der Waals surface area contributed by atoms with Crippen LogP contribution < -0.4 is 19.1 Å². The molecule has 3 rings (SSSR count). The third-order valence-corrected chi connectivity index (χ3v) is 5.82. The van der Waals surface area contributed by atoms with Gasteiger partial charge < -0.3 is 14.8 Å². The number of ether oxygens (including phenoxy) is 2. The number of carbonyl (C=O) groups excluding carboxylic acids is 1. The maximum atomic E-state index is 12.4. The summed E-state index contributed by atoms with van der Waals surface area (Å²) >= 11 is 0. The van der Waals surface area contributed by atoms with Crippen molar-refractivity contribution in [2.45, 2.75) is 13.8 Å². The van der Waals surface area contributed by atoms with E-state index in [2.05, 4.69) is 11.4 Å². The molecule has 0 atom stereocenters. The molecule has 0 aliphatic carbocycles. The summed E-state index contributed by atoms with van der Waals surface area (Å²) < 4.78 is 37.1. The first kappa shape index (κ1) is 24.1. The molecule has 0 aromatic heterocycles. The number of carbonyl (C=O) groups is 1. The first-order valence-electron chi connectivity index (χ1n) is 10.5. The summed E-state index contributed by atoms with van der Waals surface area (Å²) in [5.41, 5.74) is 2.57. The largest absolute Gasteiger partial charge is 0.492 e. The van der Waals surface area contributed by atoms with E-state index in [0.717, 1.165) is 27.4 Å². The molecule has 0 heterocycles. The Labute approximate surface area is 195 Å². The number of hydrogen-bond donors (Lipinski definition) is 1. The van der Waals surface area contributed by atoms with Gasteiger partial charge in [-0.15, -0.1) is 0 Å². The van der Waals surface area contributed by atoms with E-state index in [0.29, 0.717) is 17.2 Å². The van der Waals surface area contributed by atoms with Crippen LogP contribution in [0.3, 0.4) is 0 Å².